The molecule has 2 N–H and O–H groups in total. The van der Waals surface area contributed by atoms with Crippen LogP contribution in [0.4, 0.5) is 0 Å². The van der Waals surface area contributed by atoms with Crippen LogP contribution in [-0.4, -0.2) is 25.3 Å². The second kappa shape index (κ2) is 2.95. The molecule has 0 atom stereocenters. The summed E-state index contributed by atoms with van der Waals surface area (Å²) in [5, 5.41) is 0. The van der Waals surface area contributed by atoms with Crippen LogP contribution in [0.5, 0.6) is 0 Å². The molecule has 9 heteroatoms. The maximum atomic E-state index is 10.1. The van der Waals surface area contributed by atoms with Crippen LogP contribution in [0.25, 0.3) is 0 Å². The Morgan fingerprint density at radius 1 is 1.40 bits per heavy atom. The first-order valence-electron chi connectivity index (χ1n) is 1.84. The van der Waals surface area contributed by atoms with E-state index in [-0.39, 0.29) is 0 Å². The van der Waals surface area contributed by atoms with Crippen LogP contribution in [0.1, 0.15) is 0 Å². The summed E-state index contributed by atoms with van der Waals surface area (Å²) in [7, 11) is -8.84. The van der Waals surface area contributed by atoms with Crippen molar-refractivity contribution < 1.29 is 30.9 Å². The minimum atomic E-state index is -5.02. The lowest BCUT2D eigenvalue weighted by Crippen LogP contribution is -2.04. The van der Waals surface area contributed by atoms with Crippen molar-refractivity contribution in [1.82, 2.24) is 0 Å². The van der Waals surface area contributed by atoms with Gasteiger partial charge >= 0.3 is 18.2 Å². The van der Waals surface area contributed by atoms with Gasteiger partial charge in [-0.05, 0) is 0 Å². The first-order chi connectivity index (χ1) is 4.27. The molecule has 0 fully saturated rings. The van der Waals surface area contributed by atoms with E-state index in [4.69, 9.17) is 9.79 Å². The number of phosphoric acid groups is 1. The molecule has 0 heterocycles. The van der Waals surface area contributed by atoms with Gasteiger partial charge in [-0.15, -0.1) is 3.97 Å². The minimum Gasteiger partial charge on any atom is -0.302 e. The van der Waals surface area contributed by atoms with E-state index in [1.54, 1.807) is 0 Å². The highest BCUT2D eigenvalue weighted by molar-refractivity contribution is 7.86. The molecule has 0 aromatic rings. The van der Waals surface area contributed by atoms with E-state index < -0.39 is 18.2 Å². The zero-order valence-electron chi connectivity index (χ0n) is 4.79. The van der Waals surface area contributed by atoms with Gasteiger partial charge in [0.15, 0.2) is 0 Å². The highest BCUT2D eigenvalue weighted by Gasteiger charge is 2.25. The van der Waals surface area contributed by atoms with Crippen molar-refractivity contribution in [1.29, 1.82) is 0 Å². The maximum Gasteiger partial charge on any atom is 0.486 e. The third-order valence-electron chi connectivity index (χ3n) is 0.393. The Kier molecular flexibility index (Phi) is 2.96. The van der Waals surface area contributed by atoms with E-state index in [0.29, 0.717) is 7.11 Å². The average Bonchev–Trinajstić information content (AvgIpc) is 1.60. The third kappa shape index (κ3) is 4.86. The smallest absolute Gasteiger partial charge is 0.302 e. The lowest BCUT2D eigenvalue weighted by atomic mass is 11.8. The van der Waals surface area contributed by atoms with Gasteiger partial charge in [-0.2, -0.15) is 8.42 Å². The highest BCUT2D eigenvalue weighted by atomic mass is 32.3. The van der Waals surface area contributed by atoms with Crippen molar-refractivity contribution in [3.05, 3.63) is 0 Å². The third-order valence-corrected chi connectivity index (χ3v) is 2.31. The van der Waals surface area contributed by atoms with Gasteiger partial charge in [-0.1, -0.05) is 0 Å². The van der Waals surface area contributed by atoms with Crippen molar-refractivity contribution >= 4 is 18.2 Å². The summed E-state index contributed by atoms with van der Waals surface area (Å²) in [4.78, 5) is 15.8. The molecule has 0 unspecified atom stereocenters. The Balaban J connectivity index is 4.33. The molecule has 0 rings (SSSR count). The zero-order chi connectivity index (χ0) is 8.41. The predicted molar refractivity (Wildman–Crippen MR) is 29.1 cm³/mol. The molecule has 0 radical (unpaired) electrons. The summed E-state index contributed by atoms with van der Waals surface area (Å²) >= 11 is 0. The van der Waals surface area contributed by atoms with E-state index in [0.717, 1.165) is 0 Å². The Bertz CT molecular complexity index is 232. The van der Waals surface area contributed by atoms with E-state index in [9.17, 15) is 13.0 Å². The molecule has 0 aromatic carbocycles. The van der Waals surface area contributed by atoms with Crippen LogP contribution in [0.3, 0.4) is 0 Å². The summed E-state index contributed by atoms with van der Waals surface area (Å²) < 4.78 is 36.7. The van der Waals surface area contributed by atoms with Crippen LogP contribution in [-0.2, 0) is 23.1 Å². The first-order valence-corrected chi connectivity index (χ1v) is 4.70. The Morgan fingerprint density at radius 3 is 1.90 bits per heavy atom. The Morgan fingerprint density at radius 2 is 1.80 bits per heavy atom. The molecule has 0 aliphatic rings. The lowest BCUT2D eigenvalue weighted by Gasteiger charge is -2.01. The van der Waals surface area contributed by atoms with Gasteiger partial charge in [-0.3, -0.25) is 4.18 Å². The Hall–Kier alpha value is 0.0200. The molecule has 0 saturated heterocycles. The summed E-state index contributed by atoms with van der Waals surface area (Å²) in [6.45, 7) is 0. The minimum absolute atomic E-state index is 0.713. The fourth-order valence-electron chi connectivity index (χ4n) is 0.149. The molecular formula is CH5O7PS. The molecule has 10 heavy (non-hydrogen) atoms. The summed E-state index contributed by atoms with van der Waals surface area (Å²) in [6, 6.07) is 0. The van der Waals surface area contributed by atoms with Crippen molar-refractivity contribution in [3.8, 4) is 0 Å². The predicted octanol–water partition coefficient (Wildman–Crippen LogP) is -1.01. The number of hydrogen-bond donors (Lipinski definition) is 2. The molecule has 0 aromatic heterocycles. The topological polar surface area (TPSA) is 110 Å². The van der Waals surface area contributed by atoms with Crippen LogP contribution in [0, 0.1) is 0 Å². The standard InChI is InChI=1S/CH5O7PS/c1-7-10(5,6)8-9(2,3)4/h1H3,(H2,2,3,4). The largest absolute Gasteiger partial charge is 0.486 e. The fourth-order valence-corrected chi connectivity index (χ4v) is 1.34. The molecule has 0 aliphatic heterocycles. The first kappa shape index (κ1) is 10.0. The fraction of sp³-hybridized carbons (Fsp3) is 1.00. The molecule has 0 bridgehead atoms. The molecule has 62 valence electrons. The van der Waals surface area contributed by atoms with Crippen molar-refractivity contribution in [2.45, 2.75) is 0 Å². The maximum absolute atomic E-state index is 10.1. The van der Waals surface area contributed by atoms with Crippen LogP contribution < -0.4 is 0 Å². The van der Waals surface area contributed by atoms with Crippen molar-refractivity contribution in [3.63, 3.8) is 0 Å². The SMILES string of the molecule is COS(=O)(=O)OP(=O)(O)O. The summed E-state index contributed by atoms with van der Waals surface area (Å²) in [5.41, 5.74) is 0. The van der Waals surface area contributed by atoms with E-state index in [2.05, 4.69) is 8.15 Å². The van der Waals surface area contributed by atoms with E-state index >= 15 is 0 Å². The van der Waals surface area contributed by atoms with E-state index in [1.807, 2.05) is 0 Å². The van der Waals surface area contributed by atoms with Crippen molar-refractivity contribution in [2.24, 2.45) is 0 Å². The number of hydrogen-bond acceptors (Lipinski definition) is 5. The van der Waals surface area contributed by atoms with Crippen LogP contribution in [0.2, 0.25) is 0 Å². The molecule has 0 saturated carbocycles. The van der Waals surface area contributed by atoms with Gasteiger partial charge in [-0.25, -0.2) is 4.57 Å². The van der Waals surface area contributed by atoms with Crippen molar-refractivity contribution in [2.75, 3.05) is 7.11 Å². The molecule has 0 aliphatic carbocycles. The molecule has 0 spiro atoms. The second-order valence-corrected chi connectivity index (χ2v) is 3.87. The van der Waals surface area contributed by atoms with Gasteiger partial charge in [0.05, 0.1) is 7.11 Å². The van der Waals surface area contributed by atoms with Gasteiger partial charge in [0, 0.05) is 0 Å². The van der Waals surface area contributed by atoms with Gasteiger partial charge < -0.3 is 9.79 Å². The van der Waals surface area contributed by atoms with Gasteiger partial charge in [0.25, 0.3) is 0 Å². The Labute approximate surface area is 57.1 Å². The summed E-state index contributed by atoms with van der Waals surface area (Å²) in [5.74, 6) is 0. The van der Waals surface area contributed by atoms with Crippen LogP contribution >= 0.6 is 7.82 Å². The monoisotopic (exact) mass is 192 g/mol. The number of rotatable bonds is 3. The van der Waals surface area contributed by atoms with Gasteiger partial charge in [0.1, 0.15) is 0 Å². The molecule has 0 amide bonds. The summed E-state index contributed by atoms with van der Waals surface area (Å²) in [6.07, 6.45) is 0. The molecule has 7 nitrogen and oxygen atoms in total. The average molecular weight is 192 g/mol. The van der Waals surface area contributed by atoms with Crippen LogP contribution in [0.15, 0.2) is 0 Å². The highest BCUT2D eigenvalue weighted by Crippen LogP contribution is 2.38. The second-order valence-electron chi connectivity index (χ2n) is 1.14. The van der Waals surface area contributed by atoms with Gasteiger partial charge in [0.2, 0.25) is 0 Å². The zero-order valence-corrected chi connectivity index (χ0v) is 6.50. The van der Waals surface area contributed by atoms with E-state index in [1.165, 1.54) is 0 Å². The normalized spacial score (nSPS) is 13.5. The quantitative estimate of drug-likeness (QED) is 0.551. The lowest BCUT2D eigenvalue weighted by molar-refractivity contribution is 0.254. The molecular weight excluding hydrogens is 187 g/mol.